The summed E-state index contributed by atoms with van der Waals surface area (Å²) < 4.78 is 44.4. The number of rotatable bonds is 5. The Bertz CT molecular complexity index is 871. The number of carbonyl (C=O) groups is 2. The maximum absolute atomic E-state index is 13.5. The Labute approximate surface area is 152 Å². The van der Waals surface area contributed by atoms with E-state index in [1.54, 1.807) is 24.3 Å². The van der Waals surface area contributed by atoms with E-state index in [0.29, 0.717) is 16.7 Å². The molecule has 0 spiro atoms. The number of ether oxygens (including phenoxy) is 1. The van der Waals surface area contributed by atoms with Gasteiger partial charge in [0.25, 0.3) is 5.91 Å². The van der Waals surface area contributed by atoms with Gasteiger partial charge in [-0.25, -0.2) is 18.0 Å². The van der Waals surface area contributed by atoms with Crippen LogP contribution in [0, 0.1) is 17.5 Å². The van der Waals surface area contributed by atoms with E-state index in [1.165, 1.54) is 13.0 Å². The summed E-state index contributed by atoms with van der Waals surface area (Å²) in [6.45, 7) is 1.24. The Kier molecular flexibility index (Phi) is 6.41. The number of halogens is 4. The molecule has 2 aromatic carbocycles. The molecule has 0 unspecified atom stereocenters. The Morgan fingerprint density at radius 2 is 1.81 bits per heavy atom. The second kappa shape index (κ2) is 8.53. The lowest BCUT2D eigenvalue weighted by atomic mass is 10.2. The lowest BCUT2D eigenvalue weighted by Crippen LogP contribution is -2.29. The molecule has 0 aromatic heterocycles. The van der Waals surface area contributed by atoms with E-state index in [1.807, 2.05) is 5.32 Å². The molecule has 0 aliphatic rings. The van der Waals surface area contributed by atoms with Crippen LogP contribution in [0.25, 0.3) is 6.08 Å². The first-order chi connectivity index (χ1) is 12.3. The highest BCUT2D eigenvalue weighted by molar-refractivity contribution is 6.32. The van der Waals surface area contributed by atoms with E-state index in [0.717, 1.165) is 12.1 Å². The van der Waals surface area contributed by atoms with Gasteiger partial charge in [0, 0.05) is 11.1 Å². The number of carbonyl (C=O) groups excluding carboxylic acids is 2. The third-order valence-corrected chi connectivity index (χ3v) is 3.60. The van der Waals surface area contributed by atoms with Crippen LogP contribution in [0.1, 0.15) is 12.5 Å². The highest BCUT2D eigenvalue weighted by atomic mass is 35.5. The zero-order valence-corrected chi connectivity index (χ0v) is 14.2. The molecule has 4 nitrogen and oxygen atoms in total. The number of amides is 1. The summed E-state index contributed by atoms with van der Waals surface area (Å²) in [7, 11) is 0. The average molecular weight is 384 g/mol. The molecule has 0 radical (unpaired) electrons. The van der Waals surface area contributed by atoms with Crippen molar-refractivity contribution in [2.75, 3.05) is 5.32 Å². The van der Waals surface area contributed by atoms with Crippen molar-refractivity contribution in [1.29, 1.82) is 0 Å². The van der Waals surface area contributed by atoms with E-state index in [9.17, 15) is 22.8 Å². The van der Waals surface area contributed by atoms with Crippen LogP contribution in [0.3, 0.4) is 0 Å². The summed E-state index contributed by atoms with van der Waals surface area (Å²) in [5.74, 6) is -6.39. The smallest absolute Gasteiger partial charge is 0.331 e. The second-order valence-electron chi connectivity index (χ2n) is 5.15. The van der Waals surface area contributed by atoms with Gasteiger partial charge in [-0.15, -0.1) is 0 Å². The summed E-state index contributed by atoms with van der Waals surface area (Å²) in [5.41, 5.74) is 0.00971. The molecule has 0 heterocycles. The number of nitrogens with one attached hydrogen (secondary N) is 1. The topological polar surface area (TPSA) is 55.4 Å². The molecule has 26 heavy (non-hydrogen) atoms. The molecule has 1 amide bonds. The van der Waals surface area contributed by atoms with Gasteiger partial charge in [0.15, 0.2) is 23.6 Å². The fourth-order valence-electron chi connectivity index (χ4n) is 1.89. The number of hydrogen-bond acceptors (Lipinski definition) is 3. The van der Waals surface area contributed by atoms with Crippen molar-refractivity contribution in [2.24, 2.45) is 0 Å². The van der Waals surface area contributed by atoms with Crippen LogP contribution in [0.15, 0.2) is 42.5 Å². The minimum Gasteiger partial charge on any atom is -0.449 e. The van der Waals surface area contributed by atoms with E-state index < -0.39 is 41.1 Å². The molecule has 136 valence electrons. The number of anilines is 1. The van der Waals surface area contributed by atoms with Gasteiger partial charge in [0.05, 0.1) is 5.69 Å². The zero-order valence-electron chi connectivity index (χ0n) is 13.4. The van der Waals surface area contributed by atoms with Gasteiger partial charge >= 0.3 is 5.97 Å². The molecule has 0 saturated heterocycles. The van der Waals surface area contributed by atoms with Crippen LogP contribution in [0.4, 0.5) is 18.9 Å². The second-order valence-corrected chi connectivity index (χ2v) is 5.55. The number of benzene rings is 2. The Hall–Kier alpha value is -2.80. The van der Waals surface area contributed by atoms with Gasteiger partial charge in [0.1, 0.15) is 0 Å². The number of esters is 1. The lowest BCUT2D eigenvalue weighted by molar-refractivity contribution is -0.148. The third-order valence-electron chi connectivity index (χ3n) is 3.26. The van der Waals surface area contributed by atoms with Gasteiger partial charge in [-0.3, -0.25) is 4.79 Å². The molecular weight excluding hydrogens is 371 g/mol. The first-order valence-electron chi connectivity index (χ1n) is 7.37. The quantitative estimate of drug-likeness (QED) is 0.474. The van der Waals surface area contributed by atoms with Gasteiger partial charge in [0.2, 0.25) is 0 Å². The van der Waals surface area contributed by atoms with Crippen LogP contribution in [0.5, 0.6) is 0 Å². The fourth-order valence-corrected chi connectivity index (χ4v) is 2.09. The highest BCUT2D eigenvalue weighted by Crippen LogP contribution is 2.20. The van der Waals surface area contributed by atoms with E-state index in [2.05, 4.69) is 0 Å². The van der Waals surface area contributed by atoms with Gasteiger partial charge in [-0.1, -0.05) is 29.8 Å². The summed E-state index contributed by atoms with van der Waals surface area (Å²) in [4.78, 5) is 23.7. The predicted molar refractivity (Wildman–Crippen MR) is 91.0 cm³/mol. The van der Waals surface area contributed by atoms with Crippen LogP contribution in [0.2, 0.25) is 5.02 Å². The third kappa shape index (κ3) is 4.86. The maximum atomic E-state index is 13.5. The Morgan fingerprint density at radius 3 is 2.50 bits per heavy atom. The molecule has 1 N–H and O–H groups in total. The SMILES string of the molecule is C[C@@H](OC(=O)/C=C/c1ccccc1Cl)C(=O)Nc1ccc(F)c(F)c1F. The minimum atomic E-state index is -1.71. The first-order valence-corrected chi connectivity index (χ1v) is 7.75. The molecule has 0 saturated carbocycles. The zero-order chi connectivity index (χ0) is 19.3. The molecule has 2 aromatic rings. The van der Waals surface area contributed by atoms with E-state index in [4.69, 9.17) is 16.3 Å². The van der Waals surface area contributed by atoms with Crippen LogP contribution in [-0.2, 0) is 14.3 Å². The first kappa shape index (κ1) is 19.5. The minimum absolute atomic E-state index is 0.427. The molecule has 8 heteroatoms. The van der Waals surface area contributed by atoms with E-state index >= 15 is 0 Å². The monoisotopic (exact) mass is 383 g/mol. The van der Waals surface area contributed by atoms with Crippen molar-refractivity contribution in [3.63, 3.8) is 0 Å². The van der Waals surface area contributed by atoms with Crippen molar-refractivity contribution < 1.29 is 27.5 Å². The highest BCUT2D eigenvalue weighted by Gasteiger charge is 2.20. The molecule has 0 fully saturated rings. The molecular formula is C18H13ClF3NO3. The maximum Gasteiger partial charge on any atom is 0.331 e. The summed E-state index contributed by atoms with van der Waals surface area (Å²) in [6, 6.07) is 8.28. The van der Waals surface area contributed by atoms with Gasteiger partial charge in [-0.2, -0.15) is 0 Å². The Balaban J connectivity index is 1.97. The molecule has 0 aliphatic heterocycles. The van der Waals surface area contributed by atoms with Crippen molar-refractivity contribution in [3.05, 3.63) is 70.5 Å². The summed E-state index contributed by atoms with van der Waals surface area (Å²) in [6.07, 6.45) is 1.18. The van der Waals surface area contributed by atoms with Crippen molar-refractivity contribution in [2.45, 2.75) is 13.0 Å². The predicted octanol–water partition coefficient (Wildman–Crippen LogP) is 4.34. The van der Waals surface area contributed by atoms with Crippen LogP contribution < -0.4 is 5.32 Å². The normalized spacial score (nSPS) is 12.0. The van der Waals surface area contributed by atoms with Crippen LogP contribution >= 0.6 is 11.6 Å². The molecule has 0 aliphatic carbocycles. The lowest BCUT2D eigenvalue weighted by Gasteiger charge is -2.13. The number of hydrogen-bond donors (Lipinski definition) is 1. The Morgan fingerprint density at radius 1 is 1.12 bits per heavy atom. The molecule has 1 atom stereocenters. The standard InChI is InChI=1S/C18H13ClF3NO3/c1-10(18(25)23-14-8-7-13(20)16(21)17(14)22)26-15(24)9-6-11-4-2-3-5-12(11)19/h2-10H,1H3,(H,23,25)/b9-6+/t10-/m1/s1. The van der Waals surface area contributed by atoms with Crippen molar-refractivity contribution >= 4 is 35.2 Å². The van der Waals surface area contributed by atoms with Gasteiger partial charge in [-0.05, 0) is 36.8 Å². The van der Waals surface area contributed by atoms with E-state index in [-0.39, 0.29) is 0 Å². The largest absolute Gasteiger partial charge is 0.449 e. The fraction of sp³-hybridized carbons (Fsp3) is 0.111. The molecule has 2 rings (SSSR count). The van der Waals surface area contributed by atoms with Crippen molar-refractivity contribution in [1.82, 2.24) is 0 Å². The van der Waals surface area contributed by atoms with Crippen molar-refractivity contribution in [3.8, 4) is 0 Å². The van der Waals surface area contributed by atoms with Gasteiger partial charge < -0.3 is 10.1 Å². The summed E-state index contributed by atoms with van der Waals surface area (Å²) >= 11 is 5.93. The molecule has 0 bridgehead atoms. The summed E-state index contributed by atoms with van der Waals surface area (Å²) in [5, 5.41) is 2.45. The average Bonchev–Trinajstić information content (AvgIpc) is 2.61. The van der Waals surface area contributed by atoms with Crippen LogP contribution in [-0.4, -0.2) is 18.0 Å².